The van der Waals surface area contributed by atoms with Crippen LogP contribution in [0.2, 0.25) is 0 Å². The van der Waals surface area contributed by atoms with Crippen LogP contribution < -0.4 is 10.6 Å². The minimum Gasteiger partial charge on any atom is -0.480 e. The average molecular weight is 348 g/mol. The van der Waals surface area contributed by atoms with E-state index in [0.29, 0.717) is 24.4 Å². The van der Waals surface area contributed by atoms with Gasteiger partial charge in [0.25, 0.3) is 0 Å². The van der Waals surface area contributed by atoms with Crippen LogP contribution in [0.15, 0.2) is 10.6 Å². The van der Waals surface area contributed by atoms with Gasteiger partial charge in [-0.05, 0) is 19.8 Å². The highest BCUT2D eigenvalue weighted by atomic mass is 35.5. The molecular formula is C15H26ClN3O4. The fourth-order valence-electron chi connectivity index (χ4n) is 2.15. The van der Waals surface area contributed by atoms with Crippen molar-refractivity contribution in [3.8, 4) is 0 Å². The van der Waals surface area contributed by atoms with Crippen LogP contribution >= 0.6 is 12.4 Å². The van der Waals surface area contributed by atoms with Crippen LogP contribution in [0.1, 0.15) is 51.7 Å². The highest BCUT2D eigenvalue weighted by Crippen LogP contribution is 2.11. The molecule has 1 amide bonds. The van der Waals surface area contributed by atoms with Gasteiger partial charge >= 0.3 is 5.97 Å². The number of aromatic nitrogens is 1. The van der Waals surface area contributed by atoms with E-state index in [-0.39, 0.29) is 18.3 Å². The number of aryl methyl sites for hydroxylation is 1. The topological polar surface area (TPSA) is 104 Å². The molecular weight excluding hydrogens is 322 g/mol. The number of aliphatic carboxylic acids is 1. The summed E-state index contributed by atoms with van der Waals surface area (Å²) in [6.45, 7) is 5.67. The van der Waals surface area contributed by atoms with Crippen molar-refractivity contribution < 1.29 is 19.2 Å². The van der Waals surface area contributed by atoms with Crippen molar-refractivity contribution in [1.82, 2.24) is 10.5 Å². The van der Waals surface area contributed by atoms with Crippen LogP contribution in [0.4, 0.5) is 5.82 Å². The first-order valence-electron chi connectivity index (χ1n) is 7.70. The summed E-state index contributed by atoms with van der Waals surface area (Å²) in [6.07, 6.45) is 3.55. The van der Waals surface area contributed by atoms with E-state index >= 15 is 0 Å². The number of nitrogens with one attached hydrogen (secondary N) is 2. The number of carboxylic acids is 1. The Morgan fingerprint density at radius 3 is 2.43 bits per heavy atom. The third-order valence-electron chi connectivity index (χ3n) is 3.32. The van der Waals surface area contributed by atoms with Gasteiger partial charge in [0.05, 0.1) is 6.04 Å². The van der Waals surface area contributed by atoms with E-state index in [1.165, 1.54) is 0 Å². The quantitative estimate of drug-likeness (QED) is 0.601. The molecule has 0 radical (unpaired) electrons. The Morgan fingerprint density at radius 2 is 1.96 bits per heavy atom. The fraction of sp³-hybridized carbons (Fsp3) is 0.667. The van der Waals surface area contributed by atoms with Gasteiger partial charge in [-0.1, -0.05) is 38.3 Å². The standard InChI is InChI=1S/C15H25N3O4.ClH/c1-4-6-8-11(16-12(7-5-2)15(20)21)14(19)17-13-9-10(3)22-18-13;/h9,11-12,16H,4-8H2,1-3H3,(H,20,21)(H,17,18,19);1H. The molecule has 0 fully saturated rings. The summed E-state index contributed by atoms with van der Waals surface area (Å²) in [7, 11) is 0. The van der Waals surface area contributed by atoms with Gasteiger partial charge in [-0.15, -0.1) is 12.4 Å². The third kappa shape index (κ3) is 7.47. The van der Waals surface area contributed by atoms with Gasteiger partial charge in [-0.25, -0.2) is 0 Å². The normalized spacial score (nSPS) is 13.0. The predicted octanol–water partition coefficient (Wildman–Crippen LogP) is 2.75. The van der Waals surface area contributed by atoms with Crippen molar-refractivity contribution in [1.29, 1.82) is 0 Å². The first-order valence-corrected chi connectivity index (χ1v) is 7.70. The van der Waals surface area contributed by atoms with Crippen LogP contribution in [-0.4, -0.2) is 34.2 Å². The van der Waals surface area contributed by atoms with E-state index in [0.717, 1.165) is 19.3 Å². The number of unbranched alkanes of at least 4 members (excludes halogenated alkanes) is 1. The van der Waals surface area contributed by atoms with Crippen molar-refractivity contribution in [3.63, 3.8) is 0 Å². The molecule has 0 spiro atoms. The molecule has 2 atom stereocenters. The molecule has 0 aliphatic heterocycles. The molecule has 7 nitrogen and oxygen atoms in total. The average Bonchev–Trinajstić information content (AvgIpc) is 2.87. The number of anilines is 1. The van der Waals surface area contributed by atoms with Crippen molar-refractivity contribution in [2.24, 2.45) is 0 Å². The number of amides is 1. The van der Waals surface area contributed by atoms with E-state index in [9.17, 15) is 14.7 Å². The minimum atomic E-state index is -0.937. The van der Waals surface area contributed by atoms with E-state index < -0.39 is 18.1 Å². The van der Waals surface area contributed by atoms with Crippen molar-refractivity contribution >= 4 is 30.1 Å². The Morgan fingerprint density at radius 1 is 1.26 bits per heavy atom. The maximum absolute atomic E-state index is 12.3. The Labute approximate surface area is 142 Å². The first-order chi connectivity index (χ1) is 10.5. The number of rotatable bonds is 10. The Bertz CT molecular complexity index is 493. The largest absolute Gasteiger partial charge is 0.480 e. The predicted molar refractivity (Wildman–Crippen MR) is 89.9 cm³/mol. The summed E-state index contributed by atoms with van der Waals surface area (Å²) in [5.74, 6) is -0.284. The number of carbonyl (C=O) groups excluding carboxylic acids is 1. The molecule has 0 aliphatic rings. The Hall–Kier alpha value is -1.60. The zero-order valence-corrected chi connectivity index (χ0v) is 14.6. The SMILES string of the molecule is CCCCC(NC(CCC)C(=O)O)C(=O)Nc1cc(C)on1.Cl. The summed E-state index contributed by atoms with van der Waals surface area (Å²) in [5, 5.41) is 18.6. The summed E-state index contributed by atoms with van der Waals surface area (Å²) >= 11 is 0. The summed E-state index contributed by atoms with van der Waals surface area (Å²) in [4.78, 5) is 23.6. The van der Waals surface area contributed by atoms with E-state index in [4.69, 9.17) is 4.52 Å². The van der Waals surface area contributed by atoms with Crippen LogP contribution in [-0.2, 0) is 9.59 Å². The van der Waals surface area contributed by atoms with Gasteiger partial charge in [0.2, 0.25) is 5.91 Å². The van der Waals surface area contributed by atoms with Gasteiger partial charge in [-0.3, -0.25) is 14.9 Å². The second-order valence-electron chi connectivity index (χ2n) is 5.35. The number of halogens is 1. The molecule has 0 aliphatic carbocycles. The number of carbonyl (C=O) groups is 2. The lowest BCUT2D eigenvalue weighted by Gasteiger charge is -2.22. The molecule has 0 aromatic carbocycles. The van der Waals surface area contributed by atoms with Gasteiger partial charge in [-0.2, -0.15) is 0 Å². The molecule has 0 saturated heterocycles. The maximum atomic E-state index is 12.3. The molecule has 1 rings (SSSR count). The van der Waals surface area contributed by atoms with Crippen LogP contribution in [0, 0.1) is 6.92 Å². The Kier molecular flexibility index (Phi) is 10.2. The van der Waals surface area contributed by atoms with Crippen molar-refractivity contribution in [2.75, 3.05) is 5.32 Å². The molecule has 0 saturated carbocycles. The van der Waals surface area contributed by atoms with E-state index in [2.05, 4.69) is 15.8 Å². The maximum Gasteiger partial charge on any atom is 0.320 e. The lowest BCUT2D eigenvalue weighted by atomic mass is 10.1. The number of nitrogens with zero attached hydrogens (tertiary/aromatic N) is 1. The van der Waals surface area contributed by atoms with Crippen LogP contribution in [0.3, 0.4) is 0 Å². The molecule has 1 aromatic rings. The van der Waals surface area contributed by atoms with Crippen molar-refractivity contribution in [2.45, 2.75) is 65.0 Å². The smallest absolute Gasteiger partial charge is 0.320 e. The molecule has 23 heavy (non-hydrogen) atoms. The minimum absolute atomic E-state index is 0. The highest BCUT2D eigenvalue weighted by Gasteiger charge is 2.25. The monoisotopic (exact) mass is 347 g/mol. The molecule has 132 valence electrons. The number of hydrogen-bond acceptors (Lipinski definition) is 5. The van der Waals surface area contributed by atoms with Gasteiger partial charge in [0.1, 0.15) is 11.8 Å². The van der Waals surface area contributed by atoms with Crippen molar-refractivity contribution in [3.05, 3.63) is 11.8 Å². The molecule has 0 bridgehead atoms. The van der Waals surface area contributed by atoms with Crippen LogP contribution in [0.25, 0.3) is 0 Å². The van der Waals surface area contributed by atoms with E-state index in [1.807, 2.05) is 13.8 Å². The Balaban J connectivity index is 0.00000484. The second kappa shape index (κ2) is 11.0. The molecule has 1 heterocycles. The summed E-state index contributed by atoms with van der Waals surface area (Å²) < 4.78 is 4.90. The molecule has 2 unspecified atom stereocenters. The van der Waals surface area contributed by atoms with Gasteiger partial charge < -0.3 is 14.9 Å². The lowest BCUT2D eigenvalue weighted by Crippen LogP contribution is -2.49. The van der Waals surface area contributed by atoms with Crippen LogP contribution in [0.5, 0.6) is 0 Å². The molecule has 1 aromatic heterocycles. The zero-order valence-electron chi connectivity index (χ0n) is 13.8. The second-order valence-corrected chi connectivity index (χ2v) is 5.35. The van der Waals surface area contributed by atoms with E-state index in [1.54, 1.807) is 13.0 Å². The summed E-state index contributed by atoms with van der Waals surface area (Å²) in [5.41, 5.74) is 0. The zero-order chi connectivity index (χ0) is 16.5. The lowest BCUT2D eigenvalue weighted by molar-refractivity contribution is -0.140. The number of hydrogen-bond donors (Lipinski definition) is 3. The third-order valence-corrected chi connectivity index (χ3v) is 3.32. The summed E-state index contributed by atoms with van der Waals surface area (Å²) in [6, 6.07) is 0.330. The first kappa shape index (κ1) is 21.4. The number of carboxylic acid groups (broad SMARTS) is 1. The highest BCUT2D eigenvalue weighted by molar-refractivity contribution is 5.94. The molecule has 8 heteroatoms. The fourth-order valence-corrected chi connectivity index (χ4v) is 2.15. The molecule has 3 N–H and O–H groups in total. The van der Waals surface area contributed by atoms with Gasteiger partial charge in [0.15, 0.2) is 5.82 Å². The van der Waals surface area contributed by atoms with Gasteiger partial charge in [0, 0.05) is 6.07 Å².